The lowest BCUT2D eigenvalue weighted by Crippen LogP contribution is -2.41. The van der Waals surface area contributed by atoms with Gasteiger partial charge in [-0.1, -0.05) is 39.0 Å². The number of hydrogen-bond acceptors (Lipinski definition) is 9. The van der Waals surface area contributed by atoms with E-state index in [1.807, 2.05) is 58.3 Å². The Bertz CT molecular complexity index is 1120. The standard InChI is InChI=1S/C29H47N3O5.C8H17NO2.C2H4.H2O.2H2/c1-7-29(36-6)19-22(2)21-31(5)15-11-12-16-32(28(35)30-25-13-9-8-10-14-25)17-18-37-27(34)24(4)26(33)23(3)20-29;1-6-4-7(9(2)3)5-8(10)11-6;1-2;;;/h8-10,13-14,22-24H,7,11-12,15-21H2,1-6H3,(H,30,35);6-8,10H,4-5H2,1-3H3;1-2H2;1H2;2*1H/t22-,23-,24-,29-;6-,7+,8-;;;;/m11..../s1. The van der Waals surface area contributed by atoms with Crippen LogP contribution in [0.2, 0.25) is 0 Å². The lowest BCUT2D eigenvalue weighted by atomic mass is 9.79. The number of aliphatic hydroxyl groups is 1. The number of ketones is 1. The van der Waals surface area contributed by atoms with E-state index in [1.165, 1.54) is 0 Å². The number of cyclic esters (lactones) is 1. The molecule has 2 saturated heterocycles. The van der Waals surface area contributed by atoms with Crippen molar-refractivity contribution in [3.63, 3.8) is 0 Å². The molecule has 0 bridgehead atoms. The number of carbonyl (C=O) groups is 3. The topological polar surface area (TPSA) is 152 Å². The molecule has 51 heavy (non-hydrogen) atoms. The van der Waals surface area contributed by atoms with Gasteiger partial charge in [-0.15, -0.1) is 13.2 Å². The number of ether oxygens (including phenoxy) is 3. The van der Waals surface area contributed by atoms with E-state index >= 15 is 0 Å². The van der Waals surface area contributed by atoms with Crippen molar-refractivity contribution in [2.45, 2.75) is 104 Å². The summed E-state index contributed by atoms with van der Waals surface area (Å²) in [6.45, 7) is 18.5. The third-order valence-electron chi connectivity index (χ3n) is 9.70. The summed E-state index contributed by atoms with van der Waals surface area (Å²) in [7, 11) is 7.92. The molecule has 3 rings (SSSR count). The average molecular weight is 727 g/mol. The fourth-order valence-electron chi connectivity index (χ4n) is 6.83. The summed E-state index contributed by atoms with van der Waals surface area (Å²) >= 11 is 0. The van der Waals surface area contributed by atoms with Gasteiger partial charge in [0.25, 0.3) is 0 Å². The molecule has 1 aromatic rings. The zero-order valence-electron chi connectivity index (χ0n) is 33.0. The Kier molecular flexibility index (Phi) is 23.7. The predicted octanol–water partition coefficient (Wildman–Crippen LogP) is 5.75. The van der Waals surface area contributed by atoms with Crippen LogP contribution in [0.1, 0.15) is 82.4 Å². The number of methoxy groups -OCH3 is 1. The van der Waals surface area contributed by atoms with Crippen LogP contribution in [-0.2, 0) is 23.8 Å². The van der Waals surface area contributed by atoms with E-state index in [9.17, 15) is 19.5 Å². The van der Waals surface area contributed by atoms with Gasteiger partial charge in [0.15, 0.2) is 6.29 Å². The predicted molar refractivity (Wildman–Crippen MR) is 209 cm³/mol. The Morgan fingerprint density at radius 2 is 1.69 bits per heavy atom. The lowest BCUT2D eigenvalue weighted by Gasteiger charge is -2.37. The van der Waals surface area contributed by atoms with Gasteiger partial charge in [0.1, 0.15) is 18.3 Å². The number of nitrogens with one attached hydrogen (secondary N) is 1. The molecule has 2 fully saturated rings. The second kappa shape index (κ2) is 25.2. The molecule has 0 radical (unpaired) electrons. The second-order valence-corrected chi connectivity index (χ2v) is 14.2. The van der Waals surface area contributed by atoms with E-state index in [0.717, 1.165) is 51.6 Å². The summed E-state index contributed by atoms with van der Waals surface area (Å²) in [4.78, 5) is 45.0. The van der Waals surface area contributed by atoms with Crippen LogP contribution in [-0.4, -0.2) is 128 Å². The van der Waals surface area contributed by atoms with E-state index in [1.54, 1.807) is 18.9 Å². The van der Waals surface area contributed by atoms with E-state index < -0.39 is 23.8 Å². The zero-order valence-corrected chi connectivity index (χ0v) is 33.0. The van der Waals surface area contributed by atoms with E-state index in [-0.39, 0.29) is 45.3 Å². The number of para-hydroxylation sites is 1. The number of aliphatic hydroxyl groups excluding tert-OH is 1. The van der Waals surface area contributed by atoms with Crippen LogP contribution < -0.4 is 5.32 Å². The highest BCUT2D eigenvalue weighted by molar-refractivity contribution is 5.99. The third kappa shape index (κ3) is 17.5. The van der Waals surface area contributed by atoms with Gasteiger partial charge >= 0.3 is 12.0 Å². The van der Waals surface area contributed by atoms with Crippen LogP contribution >= 0.6 is 0 Å². The maximum Gasteiger partial charge on any atom is 0.321 e. The molecule has 12 nitrogen and oxygen atoms in total. The average Bonchev–Trinajstić information content (AvgIpc) is 3.08. The summed E-state index contributed by atoms with van der Waals surface area (Å²) in [5, 5.41) is 12.2. The van der Waals surface area contributed by atoms with Crippen LogP contribution in [0.5, 0.6) is 0 Å². The van der Waals surface area contributed by atoms with Crippen LogP contribution in [0.15, 0.2) is 43.5 Å². The number of urea groups is 1. The first-order chi connectivity index (χ1) is 23.7. The minimum atomic E-state index is -0.865. The highest BCUT2D eigenvalue weighted by atomic mass is 16.6. The largest absolute Gasteiger partial charge is 0.463 e. The van der Waals surface area contributed by atoms with Crippen molar-refractivity contribution in [3.05, 3.63) is 43.5 Å². The van der Waals surface area contributed by atoms with Crippen molar-refractivity contribution < 1.29 is 42.0 Å². The molecule has 7 atom stereocenters. The van der Waals surface area contributed by atoms with Gasteiger partial charge in [0, 0.05) is 47.1 Å². The van der Waals surface area contributed by atoms with E-state index in [4.69, 9.17) is 14.2 Å². The van der Waals surface area contributed by atoms with Gasteiger partial charge in [-0.3, -0.25) is 9.59 Å². The van der Waals surface area contributed by atoms with Gasteiger partial charge in [-0.05, 0) is 98.1 Å². The number of amides is 2. The van der Waals surface area contributed by atoms with E-state index in [0.29, 0.717) is 30.6 Å². The molecule has 0 spiro atoms. The van der Waals surface area contributed by atoms with Crippen molar-refractivity contribution >= 4 is 23.5 Å². The normalized spacial score (nSPS) is 29.0. The molecule has 0 aromatic heterocycles. The van der Waals surface area contributed by atoms with Gasteiger partial charge < -0.3 is 44.8 Å². The fourth-order valence-corrected chi connectivity index (χ4v) is 6.83. The molecule has 0 aliphatic carbocycles. The van der Waals surface area contributed by atoms with Crippen molar-refractivity contribution in [3.8, 4) is 0 Å². The van der Waals surface area contributed by atoms with E-state index in [2.05, 4.69) is 49.2 Å². The highest BCUT2D eigenvalue weighted by Crippen LogP contribution is 2.33. The molecule has 2 aliphatic rings. The number of hydrogen-bond donors (Lipinski definition) is 2. The Labute approximate surface area is 311 Å². The Balaban J connectivity index is -0.00000133. The number of nitrogens with zero attached hydrogens (tertiary/aromatic N) is 3. The van der Waals surface area contributed by atoms with Crippen LogP contribution in [0.4, 0.5) is 10.5 Å². The summed E-state index contributed by atoms with van der Waals surface area (Å²) < 4.78 is 16.7. The van der Waals surface area contributed by atoms with Crippen molar-refractivity contribution in [1.29, 1.82) is 0 Å². The number of rotatable bonds is 4. The molecule has 298 valence electrons. The first-order valence-corrected chi connectivity index (χ1v) is 18.2. The van der Waals surface area contributed by atoms with Crippen molar-refractivity contribution in [2.24, 2.45) is 17.8 Å². The molecule has 1 aromatic carbocycles. The molecular weight excluding hydrogens is 652 g/mol. The number of Topliss-reactive ketones (excluding diaryl/α,β-unsaturated/α-hetero) is 1. The SMILES string of the molecule is C=C.CC[C@@]1(OC)C[C@@H](C)CN(C)CCCCN(C(=O)Nc2ccccc2)CCOC(=O)[C@H](C)C(=O)[C@H](C)C1.C[C@@H]1C[C@H](N(C)C)C[C@H](O)O1.O.[HH].[HH]. The molecule has 2 heterocycles. The molecule has 12 heteroatoms. The quantitative estimate of drug-likeness (QED) is 0.225. The summed E-state index contributed by atoms with van der Waals surface area (Å²) in [6.07, 6.45) is 5.36. The number of carbonyl (C=O) groups excluding carboxylic acids is 3. The van der Waals surface area contributed by atoms with Crippen molar-refractivity contribution in [1.82, 2.24) is 14.7 Å². The molecular formula is C39H74N4O8. The summed E-state index contributed by atoms with van der Waals surface area (Å²) in [6, 6.07) is 9.53. The van der Waals surface area contributed by atoms with Crippen LogP contribution in [0.25, 0.3) is 0 Å². The molecule has 0 unspecified atom stereocenters. The molecule has 2 aliphatic heterocycles. The Morgan fingerprint density at radius 1 is 1.06 bits per heavy atom. The minimum absolute atomic E-state index is 0. The molecule has 0 saturated carbocycles. The van der Waals surface area contributed by atoms with Gasteiger partial charge in [0.2, 0.25) is 0 Å². The Hall–Kier alpha value is -2.87. The maximum atomic E-state index is 13.1. The minimum Gasteiger partial charge on any atom is -0.463 e. The monoisotopic (exact) mass is 727 g/mol. The molecule has 4 N–H and O–H groups in total. The van der Waals surface area contributed by atoms with Gasteiger partial charge in [0.05, 0.1) is 18.2 Å². The smallest absolute Gasteiger partial charge is 0.321 e. The number of esters is 1. The second-order valence-electron chi connectivity index (χ2n) is 14.2. The summed E-state index contributed by atoms with van der Waals surface area (Å²) in [5.74, 6) is -1.50. The van der Waals surface area contributed by atoms with Gasteiger partial charge in [-0.25, -0.2) is 4.79 Å². The zero-order chi connectivity index (χ0) is 37.9. The van der Waals surface area contributed by atoms with Crippen molar-refractivity contribution in [2.75, 3.05) is 66.4 Å². The van der Waals surface area contributed by atoms with Crippen LogP contribution in [0.3, 0.4) is 0 Å². The third-order valence-corrected chi connectivity index (χ3v) is 9.70. The lowest BCUT2D eigenvalue weighted by molar-refractivity contribution is -0.172. The fraction of sp³-hybridized carbons (Fsp3) is 0.718. The number of benzene rings is 1. The van der Waals surface area contributed by atoms with Gasteiger partial charge in [-0.2, -0.15) is 0 Å². The van der Waals surface area contributed by atoms with Crippen LogP contribution in [0, 0.1) is 17.8 Å². The first kappa shape index (κ1) is 48.1. The highest BCUT2D eigenvalue weighted by Gasteiger charge is 2.37. The Morgan fingerprint density at radius 3 is 2.25 bits per heavy atom. The first-order valence-electron chi connectivity index (χ1n) is 18.2. The number of anilines is 1. The molecule has 2 amide bonds. The maximum absolute atomic E-state index is 13.1. The summed E-state index contributed by atoms with van der Waals surface area (Å²) in [5.41, 5.74) is 0.307.